The van der Waals surface area contributed by atoms with E-state index in [1.165, 1.54) is 41.9 Å². The molecule has 4 nitrogen and oxygen atoms in total. The molecule has 4 rings (SSSR count). The van der Waals surface area contributed by atoms with Crippen LogP contribution in [0.2, 0.25) is 0 Å². The van der Waals surface area contributed by atoms with E-state index in [2.05, 4.69) is 32.7 Å². The highest BCUT2D eigenvalue weighted by Gasteiger charge is 2.23. The summed E-state index contributed by atoms with van der Waals surface area (Å²) in [6.07, 6.45) is 7.13. The minimum Gasteiger partial charge on any atom is -0.367 e. The van der Waals surface area contributed by atoms with Crippen LogP contribution in [0.1, 0.15) is 42.8 Å². The molecule has 3 heterocycles. The zero-order valence-corrected chi connectivity index (χ0v) is 14.5. The van der Waals surface area contributed by atoms with E-state index < -0.39 is 0 Å². The van der Waals surface area contributed by atoms with Crippen molar-refractivity contribution in [3.05, 3.63) is 34.6 Å². The number of fused-ring (bicyclic) bond motifs is 1. The molecule has 1 N–H and O–H groups in total. The Morgan fingerprint density at radius 3 is 2.78 bits per heavy atom. The number of aryl methyl sites for hydroxylation is 2. The number of rotatable bonds is 3. The smallest absolute Gasteiger partial charge is 0.133 e. The molecule has 1 aliphatic carbocycles. The first-order valence-corrected chi connectivity index (χ1v) is 9.59. The van der Waals surface area contributed by atoms with Gasteiger partial charge in [-0.05, 0) is 63.0 Å². The van der Waals surface area contributed by atoms with Gasteiger partial charge in [0, 0.05) is 30.4 Å². The van der Waals surface area contributed by atoms with Gasteiger partial charge in [-0.3, -0.25) is 0 Å². The van der Waals surface area contributed by atoms with Gasteiger partial charge in [0.1, 0.15) is 11.6 Å². The van der Waals surface area contributed by atoms with Crippen LogP contribution in [0.25, 0.3) is 0 Å². The van der Waals surface area contributed by atoms with Crippen LogP contribution in [-0.2, 0) is 12.8 Å². The normalized spacial score (nSPS) is 18.7. The first-order valence-electron chi connectivity index (χ1n) is 8.71. The molecule has 5 heteroatoms. The van der Waals surface area contributed by atoms with Crippen molar-refractivity contribution < 1.29 is 0 Å². The molecule has 0 aromatic carbocycles. The zero-order chi connectivity index (χ0) is 15.6. The Kier molecular flexibility index (Phi) is 4.21. The van der Waals surface area contributed by atoms with Gasteiger partial charge >= 0.3 is 0 Å². The number of piperidine rings is 1. The third kappa shape index (κ3) is 3.20. The second-order valence-corrected chi connectivity index (χ2v) is 7.53. The molecule has 0 saturated carbocycles. The number of nitrogens with zero attached hydrogens (tertiary/aromatic N) is 3. The van der Waals surface area contributed by atoms with Crippen molar-refractivity contribution in [3.63, 3.8) is 0 Å². The topological polar surface area (TPSA) is 41.1 Å². The minimum absolute atomic E-state index is 0.534. The standard InChI is InChI=1S/C18H24N4S/c1-13-19-16-6-3-2-5-15(16)18(20-13)21-14-8-10-22(11-9-14)17-7-4-12-23-17/h4,7,12,14H,2-3,5-6,8-11H2,1H3,(H,19,20,21). The van der Waals surface area contributed by atoms with Crippen LogP contribution >= 0.6 is 11.3 Å². The summed E-state index contributed by atoms with van der Waals surface area (Å²) in [6, 6.07) is 4.90. The molecule has 122 valence electrons. The van der Waals surface area contributed by atoms with Crippen LogP contribution < -0.4 is 10.2 Å². The maximum absolute atomic E-state index is 4.72. The van der Waals surface area contributed by atoms with Gasteiger partial charge in [-0.15, -0.1) is 11.3 Å². The Morgan fingerprint density at radius 2 is 2.00 bits per heavy atom. The summed E-state index contributed by atoms with van der Waals surface area (Å²) in [4.78, 5) is 11.9. The molecule has 23 heavy (non-hydrogen) atoms. The van der Waals surface area contributed by atoms with Crippen molar-refractivity contribution in [2.75, 3.05) is 23.3 Å². The van der Waals surface area contributed by atoms with Crippen molar-refractivity contribution in [2.45, 2.75) is 51.5 Å². The molecule has 0 bridgehead atoms. The first kappa shape index (κ1) is 14.9. The number of hydrogen-bond acceptors (Lipinski definition) is 5. The number of anilines is 2. The highest BCUT2D eigenvalue weighted by Crippen LogP contribution is 2.29. The summed E-state index contributed by atoms with van der Waals surface area (Å²) in [6.45, 7) is 4.27. The highest BCUT2D eigenvalue weighted by atomic mass is 32.1. The Labute approximate surface area is 142 Å². The van der Waals surface area contributed by atoms with Crippen LogP contribution in [-0.4, -0.2) is 29.1 Å². The van der Waals surface area contributed by atoms with Crippen molar-refractivity contribution in [1.82, 2.24) is 9.97 Å². The van der Waals surface area contributed by atoms with E-state index in [1.54, 1.807) is 0 Å². The van der Waals surface area contributed by atoms with Gasteiger partial charge in [0.25, 0.3) is 0 Å². The third-order valence-corrected chi connectivity index (χ3v) is 5.88. The Morgan fingerprint density at radius 1 is 1.17 bits per heavy atom. The van der Waals surface area contributed by atoms with Crippen molar-refractivity contribution >= 4 is 22.2 Å². The molecule has 2 aromatic heterocycles. The Balaban J connectivity index is 1.44. The number of nitrogens with one attached hydrogen (secondary N) is 1. The average molecular weight is 328 g/mol. The van der Waals surface area contributed by atoms with Crippen LogP contribution in [0.5, 0.6) is 0 Å². The lowest BCUT2D eigenvalue weighted by Gasteiger charge is -2.34. The predicted molar refractivity (Wildman–Crippen MR) is 96.6 cm³/mol. The highest BCUT2D eigenvalue weighted by molar-refractivity contribution is 7.14. The fourth-order valence-corrected chi connectivity index (χ4v) is 4.51. The molecule has 0 amide bonds. The lowest BCUT2D eigenvalue weighted by Crippen LogP contribution is -2.39. The van der Waals surface area contributed by atoms with Gasteiger partial charge in [-0.1, -0.05) is 0 Å². The van der Waals surface area contributed by atoms with E-state index in [0.29, 0.717) is 6.04 Å². The molecule has 2 aliphatic rings. The summed E-state index contributed by atoms with van der Waals surface area (Å²) in [5.74, 6) is 2.02. The SMILES string of the molecule is Cc1nc2c(c(NC3CCN(c4cccs4)CC3)n1)CCCC2. The van der Waals surface area contributed by atoms with E-state index in [4.69, 9.17) is 4.98 Å². The third-order valence-electron chi connectivity index (χ3n) is 4.95. The van der Waals surface area contributed by atoms with E-state index in [0.717, 1.165) is 37.6 Å². The van der Waals surface area contributed by atoms with Crippen LogP contribution in [0.4, 0.5) is 10.8 Å². The average Bonchev–Trinajstić information content (AvgIpc) is 3.10. The zero-order valence-electron chi connectivity index (χ0n) is 13.7. The molecular formula is C18H24N4S. The summed E-state index contributed by atoms with van der Waals surface area (Å²) in [5, 5.41) is 7.31. The van der Waals surface area contributed by atoms with Crippen LogP contribution in [0.3, 0.4) is 0 Å². The second-order valence-electron chi connectivity index (χ2n) is 6.61. The lowest BCUT2D eigenvalue weighted by atomic mass is 9.95. The van der Waals surface area contributed by atoms with E-state index in [-0.39, 0.29) is 0 Å². The number of hydrogen-bond donors (Lipinski definition) is 1. The van der Waals surface area contributed by atoms with E-state index >= 15 is 0 Å². The summed E-state index contributed by atoms with van der Waals surface area (Å²) >= 11 is 1.84. The fourth-order valence-electron chi connectivity index (χ4n) is 3.72. The van der Waals surface area contributed by atoms with Gasteiger partial charge in [0.2, 0.25) is 0 Å². The summed E-state index contributed by atoms with van der Waals surface area (Å²) < 4.78 is 0. The molecule has 0 spiro atoms. The molecule has 0 atom stereocenters. The molecule has 1 saturated heterocycles. The first-order chi connectivity index (χ1) is 11.3. The van der Waals surface area contributed by atoms with E-state index in [9.17, 15) is 0 Å². The number of thiophene rings is 1. The van der Waals surface area contributed by atoms with E-state index in [1.807, 2.05) is 18.3 Å². The molecule has 0 unspecified atom stereocenters. The van der Waals surface area contributed by atoms with Gasteiger partial charge < -0.3 is 10.2 Å². The van der Waals surface area contributed by atoms with Gasteiger partial charge in [-0.2, -0.15) is 0 Å². The van der Waals surface area contributed by atoms with Gasteiger partial charge in [0.15, 0.2) is 0 Å². The minimum atomic E-state index is 0.534. The van der Waals surface area contributed by atoms with Gasteiger partial charge in [0.05, 0.1) is 5.00 Å². The van der Waals surface area contributed by atoms with Crippen LogP contribution in [0, 0.1) is 6.92 Å². The second kappa shape index (κ2) is 6.48. The predicted octanol–water partition coefficient (Wildman–Crippen LogP) is 3.81. The quantitative estimate of drug-likeness (QED) is 0.930. The number of aromatic nitrogens is 2. The molecule has 1 aliphatic heterocycles. The molecule has 0 radical (unpaired) electrons. The fraction of sp³-hybridized carbons (Fsp3) is 0.556. The summed E-state index contributed by atoms with van der Waals surface area (Å²) in [5.41, 5.74) is 2.66. The molecule has 1 fully saturated rings. The maximum Gasteiger partial charge on any atom is 0.133 e. The van der Waals surface area contributed by atoms with Crippen molar-refractivity contribution in [2.24, 2.45) is 0 Å². The monoisotopic (exact) mass is 328 g/mol. The van der Waals surface area contributed by atoms with Crippen molar-refractivity contribution in [1.29, 1.82) is 0 Å². The largest absolute Gasteiger partial charge is 0.367 e. The summed E-state index contributed by atoms with van der Waals surface area (Å²) in [7, 11) is 0. The van der Waals surface area contributed by atoms with Gasteiger partial charge in [-0.25, -0.2) is 9.97 Å². The Bertz CT molecular complexity index is 660. The van der Waals surface area contributed by atoms with Crippen LogP contribution in [0.15, 0.2) is 17.5 Å². The maximum atomic E-state index is 4.72. The lowest BCUT2D eigenvalue weighted by molar-refractivity contribution is 0.525. The Hall–Kier alpha value is -1.62. The molecule has 2 aromatic rings. The van der Waals surface area contributed by atoms with Crippen molar-refractivity contribution in [3.8, 4) is 0 Å². The molecular weight excluding hydrogens is 304 g/mol.